The molecule has 0 spiro atoms. The number of aliphatic hydroxyl groups excluding tert-OH is 1. The van der Waals surface area contributed by atoms with E-state index in [2.05, 4.69) is 5.32 Å². The van der Waals surface area contributed by atoms with Crippen molar-refractivity contribution in [1.29, 1.82) is 0 Å². The smallest absolute Gasteiger partial charge is 0.289 e. The fourth-order valence-corrected chi connectivity index (χ4v) is 4.03. The van der Waals surface area contributed by atoms with Gasteiger partial charge in [0.15, 0.2) is 0 Å². The van der Waals surface area contributed by atoms with Crippen molar-refractivity contribution in [3.05, 3.63) is 60.2 Å². The summed E-state index contributed by atoms with van der Waals surface area (Å²) in [4.78, 5) is 1.79. The van der Waals surface area contributed by atoms with E-state index in [0.717, 1.165) is 21.5 Å². The molecular formula is C21H22F2N2O. The molecule has 1 aliphatic rings. The number of nitrogens with one attached hydrogen (secondary N) is 1. The molecule has 0 radical (unpaired) electrons. The third kappa shape index (κ3) is 2.96. The van der Waals surface area contributed by atoms with E-state index in [-0.39, 0.29) is 0 Å². The molecular weight excluding hydrogens is 334 g/mol. The quantitative estimate of drug-likeness (QED) is 0.702. The Morgan fingerprint density at radius 1 is 0.962 bits per heavy atom. The largest absolute Gasteiger partial charge is 0.390 e. The van der Waals surface area contributed by atoms with E-state index in [9.17, 15) is 13.9 Å². The topological polar surface area (TPSA) is 35.5 Å². The van der Waals surface area contributed by atoms with Crippen molar-refractivity contribution in [1.82, 2.24) is 10.2 Å². The number of piperazine rings is 1. The second-order valence-corrected chi connectivity index (χ2v) is 6.84. The van der Waals surface area contributed by atoms with Crippen LogP contribution in [-0.4, -0.2) is 48.7 Å². The van der Waals surface area contributed by atoms with Crippen LogP contribution in [0.3, 0.4) is 0 Å². The van der Waals surface area contributed by atoms with Crippen molar-refractivity contribution in [2.24, 2.45) is 0 Å². The van der Waals surface area contributed by atoms with E-state index in [1.54, 1.807) is 4.90 Å². The molecule has 0 bridgehead atoms. The Hall–Kier alpha value is -2.08. The van der Waals surface area contributed by atoms with E-state index in [4.69, 9.17) is 0 Å². The van der Waals surface area contributed by atoms with Gasteiger partial charge in [-0.15, -0.1) is 0 Å². The van der Waals surface area contributed by atoms with Gasteiger partial charge in [-0.25, -0.2) is 8.78 Å². The summed E-state index contributed by atoms with van der Waals surface area (Å²) in [6, 6.07) is 16.3. The molecule has 5 heteroatoms. The van der Waals surface area contributed by atoms with Gasteiger partial charge in [-0.05, 0) is 33.2 Å². The predicted octanol–water partition coefficient (Wildman–Crippen LogP) is 3.57. The molecule has 1 atom stereocenters. The van der Waals surface area contributed by atoms with E-state index in [0.29, 0.717) is 31.7 Å². The first-order chi connectivity index (χ1) is 12.6. The molecule has 3 aromatic carbocycles. The highest BCUT2D eigenvalue weighted by molar-refractivity contribution is 6.09. The summed E-state index contributed by atoms with van der Waals surface area (Å²) in [5.74, 6) is -3.22. The van der Waals surface area contributed by atoms with E-state index < -0.39 is 18.6 Å². The molecule has 4 rings (SSSR count). The summed E-state index contributed by atoms with van der Waals surface area (Å²) >= 11 is 0. The third-order valence-electron chi connectivity index (χ3n) is 5.22. The van der Waals surface area contributed by atoms with Crippen LogP contribution < -0.4 is 5.32 Å². The van der Waals surface area contributed by atoms with Gasteiger partial charge in [0, 0.05) is 26.2 Å². The van der Waals surface area contributed by atoms with Gasteiger partial charge < -0.3 is 10.4 Å². The summed E-state index contributed by atoms with van der Waals surface area (Å²) < 4.78 is 29.8. The monoisotopic (exact) mass is 356 g/mol. The normalized spacial score (nSPS) is 17.7. The second-order valence-electron chi connectivity index (χ2n) is 6.84. The van der Waals surface area contributed by atoms with Crippen molar-refractivity contribution in [2.45, 2.75) is 12.0 Å². The van der Waals surface area contributed by atoms with Crippen LogP contribution in [0.4, 0.5) is 8.78 Å². The van der Waals surface area contributed by atoms with Gasteiger partial charge in [-0.2, -0.15) is 0 Å². The Kier molecular flexibility index (Phi) is 4.61. The predicted molar refractivity (Wildman–Crippen MR) is 101 cm³/mol. The Morgan fingerprint density at radius 2 is 1.58 bits per heavy atom. The zero-order valence-electron chi connectivity index (χ0n) is 14.5. The highest BCUT2D eigenvalue weighted by atomic mass is 19.3. The number of benzene rings is 3. The van der Waals surface area contributed by atoms with Crippen molar-refractivity contribution in [3.63, 3.8) is 0 Å². The summed E-state index contributed by atoms with van der Waals surface area (Å²) in [5.41, 5.74) is 0.584. The Labute approximate surface area is 151 Å². The molecule has 3 aromatic rings. The number of aliphatic hydroxyl groups is 1. The molecule has 136 valence electrons. The lowest BCUT2D eigenvalue weighted by Gasteiger charge is -2.39. The van der Waals surface area contributed by atoms with Gasteiger partial charge in [0.2, 0.25) is 0 Å². The third-order valence-corrected chi connectivity index (χ3v) is 5.22. The minimum atomic E-state index is -3.22. The fraction of sp³-hybridized carbons (Fsp3) is 0.333. The fourth-order valence-electron chi connectivity index (χ4n) is 4.03. The zero-order valence-corrected chi connectivity index (χ0v) is 14.5. The van der Waals surface area contributed by atoms with Crippen LogP contribution in [0.2, 0.25) is 0 Å². The van der Waals surface area contributed by atoms with Crippen LogP contribution in [0, 0.1) is 0 Å². The average molecular weight is 356 g/mol. The first-order valence-corrected chi connectivity index (χ1v) is 8.95. The summed E-state index contributed by atoms with van der Waals surface area (Å²) in [7, 11) is 0. The second kappa shape index (κ2) is 6.91. The molecule has 0 saturated carbocycles. The molecule has 1 fully saturated rings. The van der Waals surface area contributed by atoms with Crippen LogP contribution in [0.25, 0.3) is 21.5 Å². The van der Waals surface area contributed by atoms with Crippen LogP contribution in [0.5, 0.6) is 0 Å². The first-order valence-electron chi connectivity index (χ1n) is 8.95. The van der Waals surface area contributed by atoms with Crippen LogP contribution in [0.15, 0.2) is 54.6 Å². The number of alkyl halides is 2. The lowest BCUT2D eigenvalue weighted by molar-refractivity contribution is -0.118. The van der Waals surface area contributed by atoms with Crippen molar-refractivity contribution in [3.8, 4) is 0 Å². The number of halogens is 2. The molecule has 0 amide bonds. The highest BCUT2D eigenvalue weighted by Crippen LogP contribution is 2.41. The maximum Gasteiger partial charge on any atom is 0.289 e. The Balaban J connectivity index is 1.98. The number of rotatable bonds is 4. The molecule has 0 aromatic heterocycles. The number of fused-ring (bicyclic) bond motifs is 3. The summed E-state index contributed by atoms with van der Waals surface area (Å²) in [6.07, 6.45) is 0. The zero-order chi connectivity index (χ0) is 18.1. The number of nitrogens with zero attached hydrogens (tertiary/aromatic N) is 1. The molecule has 0 aliphatic carbocycles. The average Bonchev–Trinajstić information content (AvgIpc) is 2.69. The lowest BCUT2D eigenvalue weighted by atomic mass is 9.89. The SMILES string of the molecule is OCC(F)(F)[C@H](c1cc2ccccc2c2ccccc12)N1CCNCC1. The maximum absolute atomic E-state index is 14.9. The van der Waals surface area contributed by atoms with Gasteiger partial charge in [0.1, 0.15) is 12.6 Å². The van der Waals surface area contributed by atoms with E-state index in [1.165, 1.54) is 0 Å². The van der Waals surface area contributed by atoms with Gasteiger partial charge >= 0.3 is 0 Å². The van der Waals surface area contributed by atoms with Crippen LogP contribution >= 0.6 is 0 Å². The van der Waals surface area contributed by atoms with Crippen LogP contribution in [-0.2, 0) is 0 Å². The number of hydrogen-bond donors (Lipinski definition) is 2. The number of hydrogen-bond acceptors (Lipinski definition) is 3. The summed E-state index contributed by atoms with van der Waals surface area (Å²) in [6.45, 7) is 1.23. The molecule has 1 heterocycles. The summed E-state index contributed by atoms with van der Waals surface area (Å²) in [5, 5.41) is 16.4. The molecule has 0 unspecified atom stereocenters. The minimum absolute atomic E-state index is 0.529. The van der Waals surface area contributed by atoms with Crippen molar-refractivity contribution in [2.75, 3.05) is 32.8 Å². The maximum atomic E-state index is 14.9. The lowest BCUT2D eigenvalue weighted by Crippen LogP contribution is -2.51. The molecule has 2 N–H and O–H groups in total. The standard InChI is InChI=1S/C21H22F2N2O/c22-21(23,14-26)20(25-11-9-24-10-12-25)19-13-15-5-1-2-6-16(15)17-7-3-4-8-18(17)19/h1-8,13,20,24,26H,9-12,14H2/t20-/m0/s1. The molecule has 26 heavy (non-hydrogen) atoms. The molecule has 1 saturated heterocycles. The van der Waals surface area contributed by atoms with Gasteiger partial charge in [-0.3, -0.25) is 4.90 Å². The van der Waals surface area contributed by atoms with E-state index in [1.807, 2.05) is 54.6 Å². The highest BCUT2D eigenvalue weighted by Gasteiger charge is 2.44. The Bertz CT molecular complexity index is 922. The van der Waals surface area contributed by atoms with Crippen molar-refractivity contribution < 1.29 is 13.9 Å². The van der Waals surface area contributed by atoms with Crippen LogP contribution in [0.1, 0.15) is 11.6 Å². The Morgan fingerprint density at radius 3 is 2.27 bits per heavy atom. The molecule has 1 aliphatic heterocycles. The van der Waals surface area contributed by atoms with Gasteiger partial charge in [0.25, 0.3) is 5.92 Å². The van der Waals surface area contributed by atoms with E-state index >= 15 is 0 Å². The van der Waals surface area contributed by atoms with Crippen molar-refractivity contribution >= 4 is 21.5 Å². The van der Waals surface area contributed by atoms with Gasteiger partial charge in [0.05, 0.1) is 0 Å². The first kappa shape index (κ1) is 17.3. The minimum Gasteiger partial charge on any atom is -0.390 e. The van der Waals surface area contributed by atoms with Gasteiger partial charge in [-0.1, -0.05) is 48.5 Å². The molecule has 3 nitrogen and oxygen atoms in total.